The maximum Gasteiger partial charge on any atom is 0.193 e. The van der Waals surface area contributed by atoms with E-state index in [9.17, 15) is 0 Å². The minimum Gasteiger partial charge on any atom is -0.493 e. The molecule has 8 nitrogen and oxygen atoms in total. The fourth-order valence-electron chi connectivity index (χ4n) is 5.01. The number of benzene rings is 1. The van der Waals surface area contributed by atoms with Crippen LogP contribution in [0, 0.1) is 5.41 Å². The molecule has 0 bridgehead atoms. The number of ether oxygens (including phenoxy) is 4. The van der Waals surface area contributed by atoms with Crippen LogP contribution in [0.15, 0.2) is 23.2 Å². The summed E-state index contributed by atoms with van der Waals surface area (Å²) in [6.45, 7) is 7.91. The molecule has 0 saturated carbocycles. The van der Waals surface area contributed by atoms with Crippen LogP contribution in [0.4, 0.5) is 0 Å². The number of halogens is 1. The van der Waals surface area contributed by atoms with E-state index < -0.39 is 0 Å². The number of nitrogens with one attached hydrogen (secondary N) is 1. The van der Waals surface area contributed by atoms with Crippen LogP contribution in [0.25, 0.3) is 0 Å². The first-order chi connectivity index (χ1) is 15.2. The summed E-state index contributed by atoms with van der Waals surface area (Å²) in [7, 11) is 5.22. The van der Waals surface area contributed by atoms with Gasteiger partial charge in [-0.05, 0) is 30.5 Å². The molecule has 180 valence electrons. The molecule has 0 amide bonds. The van der Waals surface area contributed by atoms with Gasteiger partial charge >= 0.3 is 0 Å². The Labute approximate surface area is 208 Å². The van der Waals surface area contributed by atoms with Gasteiger partial charge in [0.25, 0.3) is 0 Å². The van der Waals surface area contributed by atoms with Gasteiger partial charge < -0.3 is 29.2 Å². The largest absolute Gasteiger partial charge is 0.493 e. The molecule has 3 aliphatic heterocycles. The van der Waals surface area contributed by atoms with E-state index in [1.54, 1.807) is 14.2 Å². The number of morpholine rings is 1. The van der Waals surface area contributed by atoms with Crippen molar-refractivity contribution in [2.75, 3.05) is 80.4 Å². The summed E-state index contributed by atoms with van der Waals surface area (Å²) in [5.74, 6) is 2.48. The number of aliphatic imine (C=N–C) groups is 1. The van der Waals surface area contributed by atoms with Crippen molar-refractivity contribution in [3.63, 3.8) is 0 Å². The Morgan fingerprint density at radius 3 is 2.53 bits per heavy atom. The number of methoxy groups -OCH3 is 2. The van der Waals surface area contributed by atoms with Gasteiger partial charge in [-0.1, -0.05) is 6.07 Å². The number of rotatable bonds is 6. The van der Waals surface area contributed by atoms with E-state index in [1.165, 1.54) is 12.0 Å². The molecule has 1 spiro atoms. The maximum absolute atomic E-state index is 5.69. The standard InChI is InChI=1S/C23H36N4O4.HI/c1-24-22(27-8-6-23(16-27)7-11-31-17-23)25-15-19(26-9-12-30-13-10-26)18-4-5-20(28-2)21(14-18)29-3;/h4-5,14,19H,6-13,15-17H2,1-3H3,(H,24,25);1H. The van der Waals surface area contributed by atoms with Gasteiger partial charge in [-0.3, -0.25) is 9.89 Å². The first kappa shape index (κ1) is 25.3. The van der Waals surface area contributed by atoms with E-state index >= 15 is 0 Å². The van der Waals surface area contributed by atoms with Gasteiger partial charge in [-0.15, -0.1) is 24.0 Å². The van der Waals surface area contributed by atoms with Crippen LogP contribution in [0.1, 0.15) is 24.4 Å². The van der Waals surface area contributed by atoms with Crippen molar-refractivity contribution in [1.82, 2.24) is 15.1 Å². The zero-order valence-corrected chi connectivity index (χ0v) is 21.8. The zero-order chi connectivity index (χ0) is 21.7. The van der Waals surface area contributed by atoms with E-state index in [-0.39, 0.29) is 30.0 Å². The van der Waals surface area contributed by atoms with E-state index in [1.807, 2.05) is 13.1 Å². The lowest BCUT2D eigenvalue weighted by Gasteiger charge is -2.36. The van der Waals surface area contributed by atoms with Gasteiger partial charge in [0, 0.05) is 51.8 Å². The predicted molar refractivity (Wildman–Crippen MR) is 136 cm³/mol. The van der Waals surface area contributed by atoms with E-state index in [0.717, 1.165) is 83.0 Å². The number of guanidine groups is 1. The maximum atomic E-state index is 5.69. The van der Waals surface area contributed by atoms with Crippen LogP contribution in [-0.2, 0) is 9.47 Å². The van der Waals surface area contributed by atoms with Gasteiger partial charge in [0.1, 0.15) is 0 Å². The molecule has 1 aromatic rings. The van der Waals surface area contributed by atoms with Crippen molar-refractivity contribution >= 4 is 29.9 Å². The molecule has 0 aliphatic carbocycles. The molecule has 3 saturated heterocycles. The van der Waals surface area contributed by atoms with Gasteiger partial charge in [0.15, 0.2) is 17.5 Å². The molecule has 3 aliphatic rings. The third-order valence-corrected chi connectivity index (χ3v) is 6.87. The van der Waals surface area contributed by atoms with Gasteiger partial charge in [0.05, 0.1) is 40.1 Å². The smallest absolute Gasteiger partial charge is 0.193 e. The summed E-state index contributed by atoms with van der Waals surface area (Å²) in [4.78, 5) is 9.46. The second-order valence-electron chi connectivity index (χ2n) is 8.68. The van der Waals surface area contributed by atoms with Crippen molar-refractivity contribution in [3.05, 3.63) is 23.8 Å². The Morgan fingerprint density at radius 2 is 1.88 bits per heavy atom. The molecule has 4 rings (SSSR count). The van der Waals surface area contributed by atoms with Crippen LogP contribution in [0.3, 0.4) is 0 Å². The second kappa shape index (κ2) is 11.7. The summed E-state index contributed by atoms with van der Waals surface area (Å²) in [5, 5.41) is 3.66. The van der Waals surface area contributed by atoms with Crippen LogP contribution in [0.2, 0.25) is 0 Å². The van der Waals surface area contributed by atoms with Crippen molar-refractivity contribution < 1.29 is 18.9 Å². The topological polar surface area (TPSA) is 67.8 Å². The average molecular weight is 560 g/mol. The Balaban J connectivity index is 0.00000289. The van der Waals surface area contributed by atoms with Crippen LogP contribution in [-0.4, -0.2) is 96.2 Å². The van der Waals surface area contributed by atoms with Crippen LogP contribution < -0.4 is 14.8 Å². The molecule has 2 unspecified atom stereocenters. The quantitative estimate of drug-likeness (QED) is 0.326. The first-order valence-corrected chi connectivity index (χ1v) is 11.2. The van der Waals surface area contributed by atoms with Gasteiger partial charge in [0.2, 0.25) is 0 Å². The highest BCUT2D eigenvalue weighted by Crippen LogP contribution is 2.38. The molecule has 0 radical (unpaired) electrons. The van der Waals surface area contributed by atoms with Crippen molar-refractivity contribution in [3.8, 4) is 11.5 Å². The lowest BCUT2D eigenvalue weighted by Crippen LogP contribution is -2.47. The number of nitrogens with zero attached hydrogens (tertiary/aromatic N) is 3. The van der Waals surface area contributed by atoms with Crippen LogP contribution in [0.5, 0.6) is 11.5 Å². The molecule has 1 aromatic carbocycles. The second-order valence-corrected chi connectivity index (χ2v) is 8.68. The molecular weight excluding hydrogens is 523 g/mol. The Bertz CT molecular complexity index is 766. The molecule has 0 aromatic heterocycles. The minimum absolute atomic E-state index is 0. The fourth-order valence-corrected chi connectivity index (χ4v) is 5.01. The third kappa shape index (κ3) is 5.60. The fraction of sp³-hybridized carbons (Fsp3) is 0.696. The molecule has 1 N–H and O–H groups in total. The van der Waals surface area contributed by atoms with Crippen molar-refractivity contribution in [2.24, 2.45) is 10.4 Å². The molecule has 3 fully saturated rings. The normalized spacial score (nSPS) is 25.0. The van der Waals surface area contributed by atoms with Gasteiger partial charge in [-0.2, -0.15) is 0 Å². The minimum atomic E-state index is 0. The average Bonchev–Trinajstić information content (AvgIpc) is 3.46. The number of likely N-dealkylation sites (tertiary alicyclic amines) is 1. The summed E-state index contributed by atoms with van der Waals surface area (Å²) < 4.78 is 22.3. The summed E-state index contributed by atoms with van der Waals surface area (Å²) in [6.07, 6.45) is 2.33. The summed E-state index contributed by atoms with van der Waals surface area (Å²) in [6, 6.07) is 6.39. The predicted octanol–water partition coefficient (Wildman–Crippen LogP) is 2.38. The highest BCUT2D eigenvalue weighted by Gasteiger charge is 2.42. The Hall–Kier alpha value is -1.30. The molecule has 3 heterocycles. The summed E-state index contributed by atoms with van der Waals surface area (Å²) in [5.41, 5.74) is 1.51. The lowest BCUT2D eigenvalue weighted by atomic mass is 9.87. The first-order valence-electron chi connectivity index (χ1n) is 11.2. The van der Waals surface area contributed by atoms with Crippen LogP contribution >= 0.6 is 24.0 Å². The molecular formula is C23H37IN4O4. The van der Waals surface area contributed by atoms with Crippen molar-refractivity contribution in [2.45, 2.75) is 18.9 Å². The Kier molecular flexibility index (Phi) is 9.27. The molecule has 9 heteroatoms. The number of hydrogen-bond donors (Lipinski definition) is 1. The summed E-state index contributed by atoms with van der Waals surface area (Å²) >= 11 is 0. The monoisotopic (exact) mass is 560 g/mol. The molecule has 32 heavy (non-hydrogen) atoms. The van der Waals surface area contributed by atoms with E-state index in [4.69, 9.17) is 18.9 Å². The lowest BCUT2D eigenvalue weighted by molar-refractivity contribution is 0.0168. The molecule has 2 atom stereocenters. The highest BCUT2D eigenvalue weighted by molar-refractivity contribution is 14.0. The third-order valence-electron chi connectivity index (χ3n) is 6.87. The SMILES string of the molecule is CN=C(NCC(c1ccc(OC)c(OC)c1)N1CCOCC1)N1CCC2(CCOC2)C1.I. The van der Waals surface area contributed by atoms with Crippen molar-refractivity contribution in [1.29, 1.82) is 0 Å². The van der Waals surface area contributed by atoms with E-state index in [0.29, 0.717) is 5.41 Å². The zero-order valence-electron chi connectivity index (χ0n) is 19.5. The highest BCUT2D eigenvalue weighted by atomic mass is 127. The Morgan fingerprint density at radius 1 is 1.09 bits per heavy atom. The van der Waals surface area contributed by atoms with Gasteiger partial charge in [-0.25, -0.2) is 0 Å². The van der Waals surface area contributed by atoms with E-state index in [2.05, 4.69) is 32.2 Å². The number of hydrogen-bond acceptors (Lipinski definition) is 6.